The number of halogens is 2. The van der Waals surface area contributed by atoms with Gasteiger partial charge in [0.05, 0.1) is 4.47 Å². The first-order valence-electron chi connectivity index (χ1n) is 6.24. The van der Waals surface area contributed by atoms with Crippen LogP contribution in [0.3, 0.4) is 0 Å². The number of aromatic amines is 1. The molecule has 0 saturated carbocycles. The standard InChI is InChI=1S/C14H11BrFN5/c15-12-6-9(4-5-13(12)16)8-17-11-3-1-2-10(7-11)14-18-20-21-19-14/h1-7,17H,8H2,(H,18,19,20,21). The summed E-state index contributed by atoms with van der Waals surface area (Å²) in [4.78, 5) is 0. The minimum Gasteiger partial charge on any atom is -0.381 e. The van der Waals surface area contributed by atoms with Gasteiger partial charge in [0.1, 0.15) is 5.82 Å². The van der Waals surface area contributed by atoms with Crippen molar-refractivity contribution in [2.24, 2.45) is 0 Å². The van der Waals surface area contributed by atoms with E-state index in [0.717, 1.165) is 16.8 Å². The zero-order valence-electron chi connectivity index (χ0n) is 10.8. The molecule has 0 unspecified atom stereocenters. The Morgan fingerprint density at radius 2 is 2.10 bits per heavy atom. The van der Waals surface area contributed by atoms with Crippen molar-refractivity contribution in [2.75, 3.05) is 5.32 Å². The number of nitrogens with zero attached hydrogens (tertiary/aromatic N) is 3. The first-order chi connectivity index (χ1) is 10.2. The van der Waals surface area contributed by atoms with E-state index in [0.29, 0.717) is 16.8 Å². The van der Waals surface area contributed by atoms with Gasteiger partial charge in [0.25, 0.3) is 0 Å². The van der Waals surface area contributed by atoms with E-state index in [1.54, 1.807) is 12.1 Å². The quantitative estimate of drug-likeness (QED) is 0.759. The Kier molecular flexibility index (Phi) is 3.92. The third-order valence-electron chi connectivity index (χ3n) is 2.95. The van der Waals surface area contributed by atoms with E-state index in [4.69, 9.17) is 0 Å². The Balaban J connectivity index is 1.73. The fraction of sp³-hybridized carbons (Fsp3) is 0.0714. The zero-order chi connectivity index (χ0) is 14.7. The zero-order valence-corrected chi connectivity index (χ0v) is 12.4. The highest BCUT2D eigenvalue weighted by Crippen LogP contribution is 2.20. The van der Waals surface area contributed by atoms with E-state index in [-0.39, 0.29) is 5.82 Å². The highest BCUT2D eigenvalue weighted by molar-refractivity contribution is 9.10. The first-order valence-corrected chi connectivity index (χ1v) is 7.03. The number of H-pyrrole nitrogens is 1. The molecular weight excluding hydrogens is 337 g/mol. The molecule has 3 aromatic rings. The summed E-state index contributed by atoms with van der Waals surface area (Å²) in [6.45, 7) is 0.592. The molecular formula is C14H11BrFN5. The van der Waals surface area contributed by atoms with E-state index in [1.165, 1.54) is 6.07 Å². The number of hydrogen-bond donors (Lipinski definition) is 2. The van der Waals surface area contributed by atoms with E-state index in [9.17, 15) is 4.39 Å². The van der Waals surface area contributed by atoms with Crippen molar-refractivity contribution < 1.29 is 4.39 Å². The predicted octanol–water partition coefficient (Wildman–Crippen LogP) is 3.38. The number of anilines is 1. The molecule has 1 aromatic heterocycles. The van der Waals surface area contributed by atoms with Crippen molar-refractivity contribution in [3.63, 3.8) is 0 Å². The number of benzene rings is 2. The average Bonchev–Trinajstić information content (AvgIpc) is 3.03. The molecule has 0 spiro atoms. The fourth-order valence-corrected chi connectivity index (χ4v) is 2.33. The van der Waals surface area contributed by atoms with Crippen molar-refractivity contribution in [1.29, 1.82) is 0 Å². The van der Waals surface area contributed by atoms with Gasteiger partial charge in [0.15, 0.2) is 0 Å². The largest absolute Gasteiger partial charge is 0.381 e. The van der Waals surface area contributed by atoms with E-state index in [2.05, 4.69) is 41.9 Å². The Morgan fingerprint density at radius 1 is 1.19 bits per heavy atom. The van der Waals surface area contributed by atoms with Gasteiger partial charge in [-0.05, 0) is 51.0 Å². The van der Waals surface area contributed by atoms with Crippen molar-refractivity contribution in [2.45, 2.75) is 6.54 Å². The molecule has 0 atom stereocenters. The molecule has 3 rings (SSSR count). The van der Waals surface area contributed by atoms with Gasteiger partial charge in [-0.1, -0.05) is 18.2 Å². The van der Waals surface area contributed by atoms with Crippen LogP contribution in [0.2, 0.25) is 0 Å². The van der Waals surface area contributed by atoms with Gasteiger partial charge in [0.2, 0.25) is 5.82 Å². The van der Waals surface area contributed by atoms with Gasteiger partial charge < -0.3 is 5.32 Å². The van der Waals surface area contributed by atoms with Crippen molar-refractivity contribution in [1.82, 2.24) is 20.6 Å². The number of rotatable bonds is 4. The van der Waals surface area contributed by atoms with Crippen molar-refractivity contribution >= 4 is 21.6 Å². The molecule has 2 N–H and O–H groups in total. The second-order valence-corrected chi connectivity index (χ2v) is 5.27. The second-order valence-electron chi connectivity index (χ2n) is 4.42. The van der Waals surface area contributed by atoms with E-state index < -0.39 is 0 Å². The van der Waals surface area contributed by atoms with Crippen LogP contribution in [-0.2, 0) is 6.54 Å². The number of nitrogens with one attached hydrogen (secondary N) is 2. The van der Waals surface area contributed by atoms with E-state index >= 15 is 0 Å². The molecule has 7 heteroatoms. The third kappa shape index (κ3) is 3.25. The van der Waals surface area contributed by atoms with Crippen molar-refractivity contribution in [3.8, 4) is 11.4 Å². The molecule has 5 nitrogen and oxygen atoms in total. The molecule has 2 aromatic carbocycles. The van der Waals surface area contributed by atoms with Crippen LogP contribution in [0, 0.1) is 5.82 Å². The molecule has 21 heavy (non-hydrogen) atoms. The molecule has 0 fully saturated rings. The van der Waals surface area contributed by atoms with Crippen LogP contribution in [0.5, 0.6) is 0 Å². The summed E-state index contributed by atoms with van der Waals surface area (Å²) in [6, 6.07) is 12.6. The van der Waals surface area contributed by atoms with Crippen LogP contribution >= 0.6 is 15.9 Å². The molecule has 0 saturated heterocycles. The highest BCUT2D eigenvalue weighted by Gasteiger charge is 2.04. The van der Waals surface area contributed by atoms with Gasteiger partial charge in [0, 0.05) is 17.8 Å². The Morgan fingerprint density at radius 3 is 2.86 bits per heavy atom. The van der Waals surface area contributed by atoms with Crippen molar-refractivity contribution in [3.05, 3.63) is 58.3 Å². The summed E-state index contributed by atoms with van der Waals surface area (Å²) in [5, 5.41) is 17.1. The second kappa shape index (κ2) is 6.01. The maximum atomic E-state index is 13.2. The number of aromatic nitrogens is 4. The average molecular weight is 348 g/mol. The summed E-state index contributed by atoms with van der Waals surface area (Å²) >= 11 is 3.18. The van der Waals surface area contributed by atoms with Gasteiger partial charge in [-0.2, -0.15) is 5.21 Å². The van der Waals surface area contributed by atoms with Gasteiger partial charge in [-0.25, -0.2) is 4.39 Å². The lowest BCUT2D eigenvalue weighted by Crippen LogP contribution is -2.00. The Labute approximate surface area is 128 Å². The van der Waals surface area contributed by atoms with Crippen LogP contribution in [0.25, 0.3) is 11.4 Å². The highest BCUT2D eigenvalue weighted by atomic mass is 79.9. The summed E-state index contributed by atoms with van der Waals surface area (Å²) in [6.07, 6.45) is 0. The van der Waals surface area contributed by atoms with Crippen LogP contribution in [0.1, 0.15) is 5.56 Å². The number of hydrogen-bond acceptors (Lipinski definition) is 4. The normalized spacial score (nSPS) is 10.6. The van der Waals surface area contributed by atoms with Crippen LogP contribution in [0.15, 0.2) is 46.9 Å². The Bertz CT molecular complexity index is 745. The SMILES string of the molecule is Fc1ccc(CNc2cccc(-c3nn[nH]n3)c2)cc1Br. The molecule has 0 aliphatic heterocycles. The number of tetrazole rings is 1. The first kappa shape index (κ1) is 13.7. The molecule has 0 radical (unpaired) electrons. The third-order valence-corrected chi connectivity index (χ3v) is 3.55. The Hall–Kier alpha value is -2.28. The summed E-state index contributed by atoms with van der Waals surface area (Å²) in [5.74, 6) is 0.279. The minimum absolute atomic E-state index is 0.266. The summed E-state index contributed by atoms with van der Waals surface area (Å²) in [7, 11) is 0. The van der Waals surface area contributed by atoms with Gasteiger partial charge >= 0.3 is 0 Å². The molecule has 106 valence electrons. The monoisotopic (exact) mass is 347 g/mol. The maximum absolute atomic E-state index is 13.2. The summed E-state index contributed by atoms with van der Waals surface area (Å²) < 4.78 is 13.6. The van der Waals surface area contributed by atoms with Crippen LogP contribution in [-0.4, -0.2) is 20.6 Å². The molecule has 0 aliphatic rings. The minimum atomic E-state index is -0.266. The lowest BCUT2D eigenvalue weighted by atomic mass is 10.1. The molecule has 0 aliphatic carbocycles. The molecule has 0 bridgehead atoms. The predicted molar refractivity (Wildman–Crippen MR) is 81.0 cm³/mol. The summed E-state index contributed by atoms with van der Waals surface area (Å²) in [5.41, 5.74) is 2.78. The smallest absolute Gasteiger partial charge is 0.204 e. The van der Waals surface area contributed by atoms with Gasteiger partial charge in [-0.3, -0.25) is 0 Å². The lowest BCUT2D eigenvalue weighted by Gasteiger charge is -2.08. The maximum Gasteiger partial charge on any atom is 0.204 e. The molecule has 0 amide bonds. The van der Waals surface area contributed by atoms with E-state index in [1.807, 2.05) is 24.3 Å². The fourth-order valence-electron chi connectivity index (χ4n) is 1.91. The molecule has 1 heterocycles. The van der Waals surface area contributed by atoms with Crippen LogP contribution < -0.4 is 5.32 Å². The lowest BCUT2D eigenvalue weighted by molar-refractivity contribution is 0.620. The van der Waals surface area contributed by atoms with Crippen LogP contribution in [0.4, 0.5) is 10.1 Å². The van der Waals surface area contributed by atoms with Gasteiger partial charge in [-0.15, -0.1) is 10.2 Å². The topological polar surface area (TPSA) is 66.5 Å².